The second-order valence-electron chi connectivity index (χ2n) is 7.97. The Balaban J connectivity index is 0.00000300. The summed E-state index contributed by atoms with van der Waals surface area (Å²) in [7, 11) is 3.55. The van der Waals surface area contributed by atoms with Gasteiger partial charge >= 0.3 is 0 Å². The van der Waals surface area contributed by atoms with Crippen molar-refractivity contribution in [1.82, 2.24) is 20.1 Å². The van der Waals surface area contributed by atoms with Crippen molar-refractivity contribution in [2.45, 2.75) is 32.1 Å². The summed E-state index contributed by atoms with van der Waals surface area (Å²) in [5.74, 6) is 2.66. The van der Waals surface area contributed by atoms with Crippen LogP contribution in [0.1, 0.15) is 32.1 Å². The van der Waals surface area contributed by atoms with Crippen LogP contribution in [0.2, 0.25) is 0 Å². The van der Waals surface area contributed by atoms with Gasteiger partial charge in [0.15, 0.2) is 5.96 Å². The topological polar surface area (TPSA) is 64.1 Å². The Morgan fingerprint density at radius 2 is 1.90 bits per heavy atom. The Bertz CT molecular complexity index is 640. The molecule has 1 aliphatic carbocycles. The number of carbonyl (C=O) groups excluding carboxylic acids is 1. The van der Waals surface area contributed by atoms with Crippen molar-refractivity contribution in [3.05, 3.63) is 24.4 Å². The molecule has 8 heteroatoms. The predicted octanol–water partition coefficient (Wildman–Crippen LogP) is 2.44. The number of piperazine rings is 1. The third-order valence-electron chi connectivity index (χ3n) is 5.69. The van der Waals surface area contributed by atoms with Gasteiger partial charge in [-0.15, -0.1) is 24.0 Å². The van der Waals surface area contributed by atoms with E-state index < -0.39 is 0 Å². The van der Waals surface area contributed by atoms with Gasteiger partial charge in [-0.2, -0.15) is 0 Å². The average Bonchev–Trinajstić information content (AvgIpc) is 2.75. The third-order valence-corrected chi connectivity index (χ3v) is 5.69. The molecule has 1 N–H and O–H groups in total. The van der Waals surface area contributed by atoms with Crippen molar-refractivity contribution in [2.24, 2.45) is 10.9 Å². The fourth-order valence-corrected chi connectivity index (χ4v) is 3.87. The molecule has 0 unspecified atom stereocenters. The quantitative estimate of drug-likeness (QED) is 0.372. The Hall–Kier alpha value is -1.58. The van der Waals surface area contributed by atoms with Crippen LogP contribution < -0.4 is 10.2 Å². The summed E-state index contributed by atoms with van der Waals surface area (Å²) >= 11 is 0. The predicted molar refractivity (Wildman–Crippen MR) is 129 cm³/mol. The van der Waals surface area contributed by atoms with E-state index in [1.807, 2.05) is 18.3 Å². The molecule has 0 aromatic carbocycles. The highest BCUT2D eigenvalue weighted by Crippen LogP contribution is 2.23. The van der Waals surface area contributed by atoms with Gasteiger partial charge in [0.2, 0.25) is 5.91 Å². The lowest BCUT2D eigenvalue weighted by Gasteiger charge is -2.37. The highest BCUT2D eigenvalue weighted by atomic mass is 127. The highest BCUT2D eigenvalue weighted by molar-refractivity contribution is 14.0. The zero-order valence-electron chi connectivity index (χ0n) is 17.7. The molecule has 0 radical (unpaired) electrons. The molecule has 2 fully saturated rings. The van der Waals surface area contributed by atoms with Crippen LogP contribution in [0.25, 0.3) is 0 Å². The number of aromatic nitrogens is 1. The van der Waals surface area contributed by atoms with E-state index in [1.165, 1.54) is 32.1 Å². The van der Waals surface area contributed by atoms with Crippen molar-refractivity contribution in [3.63, 3.8) is 0 Å². The second kappa shape index (κ2) is 12.2. The summed E-state index contributed by atoms with van der Waals surface area (Å²) in [6.07, 6.45) is 8.47. The summed E-state index contributed by atoms with van der Waals surface area (Å²) in [6.45, 7) is 4.72. The Morgan fingerprint density at radius 3 is 2.52 bits per heavy atom. The van der Waals surface area contributed by atoms with Crippen LogP contribution >= 0.6 is 24.0 Å². The number of carbonyl (C=O) groups is 1. The normalized spacial score (nSPS) is 18.2. The molecular weight excluding hydrogens is 479 g/mol. The van der Waals surface area contributed by atoms with Crippen molar-refractivity contribution >= 4 is 41.7 Å². The Labute approximate surface area is 192 Å². The lowest BCUT2D eigenvalue weighted by atomic mass is 9.89. The number of rotatable bonds is 5. The van der Waals surface area contributed by atoms with Crippen LogP contribution in [0, 0.1) is 5.92 Å². The van der Waals surface area contributed by atoms with Crippen LogP contribution in [-0.2, 0) is 4.79 Å². The SMILES string of the molecule is CN(C)C(=O)CN=C(NCC1CCCCC1)N1CCN(c2ccccn2)CC1.I. The smallest absolute Gasteiger partial charge is 0.243 e. The van der Waals surface area contributed by atoms with Crippen molar-refractivity contribution < 1.29 is 4.79 Å². The van der Waals surface area contributed by atoms with E-state index in [1.54, 1.807) is 19.0 Å². The molecule has 7 nitrogen and oxygen atoms in total. The van der Waals surface area contributed by atoms with Gasteiger partial charge < -0.3 is 20.0 Å². The molecule has 1 saturated carbocycles. The molecule has 1 aromatic heterocycles. The number of anilines is 1. The maximum atomic E-state index is 12.0. The number of amides is 1. The molecule has 1 saturated heterocycles. The minimum absolute atomic E-state index is 0. The maximum Gasteiger partial charge on any atom is 0.243 e. The number of hydrogen-bond donors (Lipinski definition) is 1. The van der Waals surface area contributed by atoms with Crippen LogP contribution in [-0.4, -0.2) is 80.0 Å². The standard InChI is InChI=1S/C21H34N6O.HI/c1-25(2)20(28)17-24-21(23-16-18-8-4-3-5-9-18)27-14-12-26(13-15-27)19-10-6-7-11-22-19;/h6-7,10-11,18H,3-5,8-9,12-17H2,1-2H3,(H,23,24);1H. The van der Waals surface area contributed by atoms with Gasteiger partial charge in [-0.05, 0) is 30.9 Å². The minimum atomic E-state index is 0. The van der Waals surface area contributed by atoms with E-state index >= 15 is 0 Å². The monoisotopic (exact) mass is 514 g/mol. The third kappa shape index (κ3) is 7.31. The molecule has 1 amide bonds. The summed E-state index contributed by atoms with van der Waals surface area (Å²) < 4.78 is 0. The van der Waals surface area contributed by atoms with Crippen molar-refractivity contribution in [1.29, 1.82) is 0 Å². The van der Waals surface area contributed by atoms with Gasteiger partial charge in [0, 0.05) is 53.0 Å². The van der Waals surface area contributed by atoms with E-state index in [9.17, 15) is 4.79 Å². The first kappa shape index (κ1) is 23.7. The fourth-order valence-electron chi connectivity index (χ4n) is 3.87. The molecule has 0 atom stereocenters. The number of nitrogens with zero attached hydrogens (tertiary/aromatic N) is 5. The lowest BCUT2D eigenvalue weighted by molar-refractivity contribution is -0.127. The number of aliphatic imine (C=N–C) groups is 1. The van der Waals surface area contributed by atoms with Crippen LogP contribution in [0.15, 0.2) is 29.4 Å². The first-order valence-corrected chi connectivity index (χ1v) is 10.5. The van der Waals surface area contributed by atoms with Gasteiger partial charge in [-0.25, -0.2) is 9.98 Å². The molecule has 162 valence electrons. The zero-order valence-corrected chi connectivity index (χ0v) is 20.0. The Kier molecular flexibility index (Phi) is 9.96. The minimum Gasteiger partial charge on any atom is -0.356 e. The van der Waals surface area contributed by atoms with Crippen molar-refractivity contribution in [2.75, 3.05) is 58.3 Å². The average molecular weight is 514 g/mol. The van der Waals surface area contributed by atoms with Gasteiger partial charge in [0.25, 0.3) is 0 Å². The second-order valence-corrected chi connectivity index (χ2v) is 7.97. The molecule has 0 spiro atoms. The van der Waals surface area contributed by atoms with Crippen LogP contribution in [0.5, 0.6) is 0 Å². The molecule has 1 aliphatic heterocycles. The summed E-state index contributed by atoms with van der Waals surface area (Å²) in [5.41, 5.74) is 0. The first-order chi connectivity index (χ1) is 13.6. The number of guanidine groups is 1. The number of halogens is 1. The number of pyridine rings is 1. The molecule has 2 heterocycles. The van der Waals surface area contributed by atoms with Crippen LogP contribution in [0.4, 0.5) is 5.82 Å². The molecule has 1 aromatic rings. The van der Waals surface area contributed by atoms with Crippen molar-refractivity contribution in [3.8, 4) is 0 Å². The largest absolute Gasteiger partial charge is 0.356 e. The zero-order chi connectivity index (χ0) is 19.8. The molecule has 3 rings (SSSR count). The van der Waals surface area contributed by atoms with Gasteiger partial charge in [0.1, 0.15) is 12.4 Å². The van der Waals surface area contributed by atoms with Gasteiger partial charge in [-0.3, -0.25) is 4.79 Å². The van der Waals surface area contributed by atoms with Gasteiger partial charge in [-0.1, -0.05) is 25.3 Å². The molecule has 0 bridgehead atoms. The summed E-state index contributed by atoms with van der Waals surface area (Å²) in [5, 5.41) is 3.58. The number of hydrogen-bond acceptors (Lipinski definition) is 4. The lowest BCUT2D eigenvalue weighted by Crippen LogP contribution is -2.53. The Morgan fingerprint density at radius 1 is 1.17 bits per heavy atom. The molecular formula is C21H35IN6O. The van der Waals surface area contributed by atoms with E-state index in [-0.39, 0.29) is 36.4 Å². The van der Waals surface area contributed by atoms with E-state index in [0.29, 0.717) is 0 Å². The van der Waals surface area contributed by atoms with Gasteiger partial charge in [0.05, 0.1) is 0 Å². The number of nitrogens with one attached hydrogen (secondary N) is 1. The first-order valence-electron chi connectivity index (χ1n) is 10.5. The summed E-state index contributed by atoms with van der Waals surface area (Å²) in [6, 6.07) is 6.03. The fraction of sp³-hybridized carbons (Fsp3) is 0.667. The summed E-state index contributed by atoms with van der Waals surface area (Å²) in [4.78, 5) is 27.3. The van der Waals surface area contributed by atoms with E-state index in [4.69, 9.17) is 0 Å². The highest BCUT2D eigenvalue weighted by Gasteiger charge is 2.22. The maximum absolute atomic E-state index is 12.0. The van der Waals surface area contributed by atoms with Crippen LogP contribution in [0.3, 0.4) is 0 Å². The van der Waals surface area contributed by atoms with E-state index in [2.05, 4.69) is 31.2 Å². The molecule has 2 aliphatic rings. The van der Waals surface area contributed by atoms with E-state index in [0.717, 1.165) is 50.4 Å². The number of likely N-dealkylation sites (N-methyl/N-ethyl adjacent to an activating group) is 1. The molecule has 29 heavy (non-hydrogen) atoms.